The molecule has 0 saturated heterocycles. The number of benzene rings is 2. The van der Waals surface area contributed by atoms with Gasteiger partial charge in [-0.25, -0.2) is 13.5 Å². The van der Waals surface area contributed by atoms with Crippen LogP contribution in [0.25, 0.3) is 10.8 Å². The van der Waals surface area contributed by atoms with Crippen molar-refractivity contribution in [3.8, 4) is 0 Å². The lowest BCUT2D eigenvalue weighted by Gasteiger charge is -2.13. The average molecular weight is 373 g/mol. The van der Waals surface area contributed by atoms with E-state index in [1.54, 1.807) is 31.2 Å². The standard InChI is InChI=1S/C19H17F2N3O3/c1-11-13-4-2-3-5-14(13)19(27)24(23-11)10-18(26)22-9-17(25)12-6-7-15(20)16(21)8-12/h2-8,17,25H,9-10H2,1H3,(H,22,26)/t17-/m0/s1. The first-order chi connectivity index (χ1) is 12.9. The first-order valence-electron chi connectivity index (χ1n) is 8.23. The second-order valence-electron chi connectivity index (χ2n) is 6.09. The summed E-state index contributed by atoms with van der Waals surface area (Å²) in [4.78, 5) is 24.6. The molecule has 0 fully saturated rings. The van der Waals surface area contributed by atoms with Gasteiger partial charge in [0.05, 0.1) is 17.2 Å². The number of carbonyl (C=O) groups excluding carboxylic acids is 1. The van der Waals surface area contributed by atoms with Crippen molar-refractivity contribution in [1.82, 2.24) is 15.1 Å². The van der Waals surface area contributed by atoms with E-state index < -0.39 is 29.2 Å². The van der Waals surface area contributed by atoms with E-state index in [1.807, 2.05) is 0 Å². The van der Waals surface area contributed by atoms with Crippen LogP contribution in [0, 0.1) is 18.6 Å². The van der Waals surface area contributed by atoms with Crippen molar-refractivity contribution < 1.29 is 18.7 Å². The van der Waals surface area contributed by atoms with Gasteiger partial charge in [-0.15, -0.1) is 0 Å². The normalized spacial score (nSPS) is 12.1. The summed E-state index contributed by atoms with van der Waals surface area (Å²) in [5, 5.41) is 17.8. The van der Waals surface area contributed by atoms with Gasteiger partial charge in [-0.3, -0.25) is 9.59 Å². The van der Waals surface area contributed by atoms with Gasteiger partial charge in [0.25, 0.3) is 5.56 Å². The fraction of sp³-hybridized carbons (Fsp3) is 0.211. The monoisotopic (exact) mass is 373 g/mol. The third-order valence-corrected chi connectivity index (χ3v) is 4.17. The molecule has 0 unspecified atom stereocenters. The Kier molecular flexibility index (Phi) is 5.27. The van der Waals surface area contributed by atoms with Crippen LogP contribution in [0.3, 0.4) is 0 Å². The summed E-state index contributed by atoms with van der Waals surface area (Å²) in [6, 6.07) is 9.96. The van der Waals surface area contributed by atoms with Crippen molar-refractivity contribution in [1.29, 1.82) is 0 Å². The number of amides is 1. The van der Waals surface area contributed by atoms with Crippen LogP contribution in [-0.4, -0.2) is 27.3 Å². The topological polar surface area (TPSA) is 84.2 Å². The number of aliphatic hydroxyl groups is 1. The van der Waals surface area contributed by atoms with Gasteiger partial charge in [-0.2, -0.15) is 5.10 Å². The minimum atomic E-state index is -1.22. The van der Waals surface area contributed by atoms with E-state index in [0.29, 0.717) is 16.5 Å². The van der Waals surface area contributed by atoms with Crippen LogP contribution in [-0.2, 0) is 11.3 Å². The Labute approximate surface area is 153 Å². The van der Waals surface area contributed by atoms with E-state index in [2.05, 4.69) is 10.4 Å². The van der Waals surface area contributed by atoms with Crippen molar-refractivity contribution >= 4 is 16.7 Å². The summed E-state index contributed by atoms with van der Waals surface area (Å²) in [6.07, 6.45) is -1.22. The number of nitrogens with zero attached hydrogens (tertiary/aromatic N) is 2. The molecule has 1 aromatic heterocycles. The Hall–Kier alpha value is -3.13. The second-order valence-corrected chi connectivity index (χ2v) is 6.09. The minimum Gasteiger partial charge on any atom is -0.387 e. The summed E-state index contributed by atoms with van der Waals surface area (Å²) in [5.41, 5.74) is 0.346. The average Bonchev–Trinajstić information content (AvgIpc) is 2.66. The number of rotatable bonds is 5. The molecule has 6 nitrogen and oxygen atoms in total. The molecule has 0 aliphatic rings. The molecule has 0 aliphatic carbocycles. The SMILES string of the molecule is Cc1nn(CC(=O)NC[C@H](O)c2ccc(F)c(F)c2)c(=O)c2ccccc12. The summed E-state index contributed by atoms with van der Waals surface area (Å²) in [7, 11) is 0. The molecule has 27 heavy (non-hydrogen) atoms. The van der Waals surface area contributed by atoms with E-state index in [9.17, 15) is 23.5 Å². The van der Waals surface area contributed by atoms with E-state index in [0.717, 1.165) is 16.8 Å². The van der Waals surface area contributed by atoms with Crippen LogP contribution in [0.15, 0.2) is 47.3 Å². The van der Waals surface area contributed by atoms with Crippen LogP contribution in [0.5, 0.6) is 0 Å². The highest BCUT2D eigenvalue weighted by molar-refractivity contribution is 5.83. The number of nitrogens with one attached hydrogen (secondary N) is 1. The van der Waals surface area contributed by atoms with Crippen LogP contribution in [0.1, 0.15) is 17.4 Å². The number of aliphatic hydroxyl groups excluding tert-OH is 1. The molecule has 8 heteroatoms. The van der Waals surface area contributed by atoms with Gasteiger partial charge < -0.3 is 10.4 Å². The zero-order valence-electron chi connectivity index (χ0n) is 14.4. The summed E-state index contributed by atoms with van der Waals surface area (Å²) >= 11 is 0. The molecule has 2 aromatic carbocycles. The lowest BCUT2D eigenvalue weighted by atomic mass is 10.1. The number of fused-ring (bicyclic) bond motifs is 1. The highest BCUT2D eigenvalue weighted by atomic mass is 19.2. The molecule has 3 rings (SSSR count). The number of halogens is 2. The fourth-order valence-electron chi connectivity index (χ4n) is 2.75. The maximum Gasteiger partial charge on any atom is 0.275 e. The van der Waals surface area contributed by atoms with Crippen molar-refractivity contribution in [3.05, 3.63) is 75.7 Å². The molecule has 1 heterocycles. The van der Waals surface area contributed by atoms with Crippen molar-refractivity contribution in [2.75, 3.05) is 6.54 Å². The lowest BCUT2D eigenvalue weighted by molar-refractivity contribution is -0.122. The molecule has 0 radical (unpaired) electrons. The zero-order valence-corrected chi connectivity index (χ0v) is 14.4. The third-order valence-electron chi connectivity index (χ3n) is 4.17. The second kappa shape index (κ2) is 7.63. The largest absolute Gasteiger partial charge is 0.387 e. The van der Waals surface area contributed by atoms with Crippen LogP contribution >= 0.6 is 0 Å². The predicted molar refractivity (Wildman–Crippen MR) is 95.1 cm³/mol. The Balaban J connectivity index is 1.69. The van der Waals surface area contributed by atoms with E-state index >= 15 is 0 Å². The summed E-state index contributed by atoms with van der Waals surface area (Å²) in [6.45, 7) is 1.20. The Morgan fingerprint density at radius 1 is 1.19 bits per heavy atom. The van der Waals surface area contributed by atoms with Gasteiger partial charge in [0.15, 0.2) is 11.6 Å². The van der Waals surface area contributed by atoms with Crippen molar-refractivity contribution in [2.24, 2.45) is 0 Å². The molecular formula is C19H17F2N3O3. The number of carbonyl (C=O) groups is 1. The molecular weight excluding hydrogens is 356 g/mol. The molecule has 0 bridgehead atoms. The number of aromatic nitrogens is 2. The molecule has 140 valence electrons. The molecule has 0 spiro atoms. The minimum absolute atomic E-state index is 0.131. The fourth-order valence-corrected chi connectivity index (χ4v) is 2.75. The van der Waals surface area contributed by atoms with E-state index in [4.69, 9.17) is 0 Å². The third kappa shape index (κ3) is 4.01. The number of aryl methyl sites for hydroxylation is 1. The van der Waals surface area contributed by atoms with Gasteiger partial charge in [-0.1, -0.05) is 24.3 Å². The smallest absolute Gasteiger partial charge is 0.275 e. The number of hydrogen-bond acceptors (Lipinski definition) is 4. The predicted octanol–water partition coefficient (Wildman–Crippen LogP) is 1.83. The molecule has 2 N–H and O–H groups in total. The van der Waals surface area contributed by atoms with Gasteiger partial charge >= 0.3 is 0 Å². The molecule has 1 amide bonds. The lowest BCUT2D eigenvalue weighted by Crippen LogP contribution is -2.36. The molecule has 0 saturated carbocycles. The van der Waals surface area contributed by atoms with E-state index in [1.165, 1.54) is 6.07 Å². The van der Waals surface area contributed by atoms with Crippen molar-refractivity contribution in [2.45, 2.75) is 19.6 Å². The van der Waals surface area contributed by atoms with Crippen LogP contribution in [0.2, 0.25) is 0 Å². The highest BCUT2D eigenvalue weighted by Crippen LogP contribution is 2.15. The van der Waals surface area contributed by atoms with Gasteiger partial charge in [-0.05, 0) is 30.7 Å². The van der Waals surface area contributed by atoms with E-state index in [-0.39, 0.29) is 18.7 Å². The maximum absolute atomic E-state index is 13.2. The number of hydrogen-bond donors (Lipinski definition) is 2. The summed E-state index contributed by atoms with van der Waals surface area (Å²) in [5.74, 6) is -2.65. The first-order valence-corrected chi connectivity index (χ1v) is 8.23. The quantitative estimate of drug-likeness (QED) is 0.715. The molecule has 3 aromatic rings. The van der Waals surface area contributed by atoms with Crippen molar-refractivity contribution in [3.63, 3.8) is 0 Å². The highest BCUT2D eigenvalue weighted by Gasteiger charge is 2.14. The zero-order chi connectivity index (χ0) is 19.6. The van der Waals surface area contributed by atoms with Crippen LogP contribution in [0.4, 0.5) is 8.78 Å². The van der Waals surface area contributed by atoms with Gasteiger partial charge in [0.2, 0.25) is 5.91 Å². The Morgan fingerprint density at radius 2 is 1.89 bits per heavy atom. The van der Waals surface area contributed by atoms with Crippen LogP contribution < -0.4 is 10.9 Å². The molecule has 1 atom stereocenters. The first kappa shape index (κ1) is 18.7. The van der Waals surface area contributed by atoms with Gasteiger partial charge in [0.1, 0.15) is 6.54 Å². The van der Waals surface area contributed by atoms with Gasteiger partial charge in [0, 0.05) is 11.9 Å². The molecule has 0 aliphatic heterocycles. The summed E-state index contributed by atoms with van der Waals surface area (Å²) < 4.78 is 27.2. The maximum atomic E-state index is 13.2. The Bertz CT molecular complexity index is 1070. The Morgan fingerprint density at radius 3 is 2.59 bits per heavy atom.